The van der Waals surface area contributed by atoms with E-state index in [9.17, 15) is 9.59 Å². The fourth-order valence-corrected chi connectivity index (χ4v) is 2.83. The van der Waals surface area contributed by atoms with Gasteiger partial charge in [0.2, 0.25) is 6.79 Å². The van der Waals surface area contributed by atoms with Gasteiger partial charge >= 0.3 is 0 Å². The number of hydrogen-bond acceptors (Lipinski definition) is 4. The number of amides is 2. The fourth-order valence-electron chi connectivity index (χ4n) is 2.83. The van der Waals surface area contributed by atoms with Crippen LogP contribution >= 0.6 is 0 Å². The third-order valence-electron chi connectivity index (χ3n) is 4.34. The monoisotopic (exact) mass is 374 g/mol. The highest BCUT2D eigenvalue weighted by molar-refractivity contribution is 6.05. The first-order chi connectivity index (χ1) is 13.7. The van der Waals surface area contributed by atoms with E-state index < -0.39 is 0 Å². The average Bonchev–Trinajstić information content (AvgIpc) is 3.21. The Morgan fingerprint density at radius 3 is 2.29 bits per heavy atom. The minimum atomic E-state index is -0.264. The van der Waals surface area contributed by atoms with Crippen molar-refractivity contribution in [3.63, 3.8) is 0 Å². The minimum Gasteiger partial charge on any atom is -0.454 e. The Morgan fingerprint density at radius 1 is 0.786 bits per heavy atom. The maximum atomic E-state index is 12.4. The standard InChI is InChI=1S/C22H18N2O4/c25-21(23-13-15-4-2-1-3-5-15)16-6-9-18(10-7-16)24-22(26)17-8-11-19-20(12-17)28-14-27-19/h1-12H,13-14H2,(H,23,25)(H,24,26). The largest absolute Gasteiger partial charge is 0.454 e. The van der Waals surface area contributed by atoms with Crippen LogP contribution in [0.5, 0.6) is 11.5 Å². The van der Waals surface area contributed by atoms with E-state index >= 15 is 0 Å². The number of ether oxygens (including phenoxy) is 2. The summed E-state index contributed by atoms with van der Waals surface area (Å²) in [5.41, 5.74) is 2.62. The highest BCUT2D eigenvalue weighted by atomic mass is 16.7. The van der Waals surface area contributed by atoms with E-state index in [1.54, 1.807) is 42.5 Å². The molecule has 1 aliphatic heterocycles. The number of rotatable bonds is 5. The quantitative estimate of drug-likeness (QED) is 0.715. The van der Waals surface area contributed by atoms with Crippen molar-refractivity contribution in [3.8, 4) is 11.5 Å². The Balaban J connectivity index is 1.36. The first-order valence-electron chi connectivity index (χ1n) is 8.82. The normalized spacial score (nSPS) is 11.7. The van der Waals surface area contributed by atoms with Gasteiger partial charge < -0.3 is 20.1 Å². The molecule has 0 aliphatic carbocycles. The molecule has 28 heavy (non-hydrogen) atoms. The molecular formula is C22H18N2O4. The molecule has 6 nitrogen and oxygen atoms in total. The van der Waals surface area contributed by atoms with E-state index in [2.05, 4.69) is 10.6 Å². The lowest BCUT2D eigenvalue weighted by Crippen LogP contribution is -2.22. The van der Waals surface area contributed by atoms with E-state index in [0.717, 1.165) is 5.56 Å². The highest BCUT2D eigenvalue weighted by Gasteiger charge is 2.16. The molecule has 0 fully saturated rings. The second-order valence-corrected chi connectivity index (χ2v) is 6.27. The second-order valence-electron chi connectivity index (χ2n) is 6.27. The van der Waals surface area contributed by atoms with Crippen molar-refractivity contribution in [1.82, 2.24) is 5.32 Å². The van der Waals surface area contributed by atoms with Crippen molar-refractivity contribution in [2.24, 2.45) is 0 Å². The summed E-state index contributed by atoms with van der Waals surface area (Å²) in [4.78, 5) is 24.7. The van der Waals surface area contributed by atoms with Crippen LogP contribution in [0.4, 0.5) is 5.69 Å². The molecule has 140 valence electrons. The van der Waals surface area contributed by atoms with Crippen LogP contribution in [0.15, 0.2) is 72.8 Å². The molecule has 2 N–H and O–H groups in total. The summed E-state index contributed by atoms with van der Waals surface area (Å²) in [6, 6.07) is 21.5. The van der Waals surface area contributed by atoms with Crippen molar-refractivity contribution < 1.29 is 19.1 Å². The molecule has 0 aromatic heterocycles. The molecule has 0 radical (unpaired) electrons. The molecule has 3 aromatic carbocycles. The Hall–Kier alpha value is -3.80. The molecule has 1 heterocycles. The van der Waals surface area contributed by atoms with E-state index in [1.165, 1.54) is 0 Å². The Morgan fingerprint density at radius 2 is 1.50 bits per heavy atom. The Kier molecular flexibility index (Phi) is 4.93. The summed E-state index contributed by atoms with van der Waals surface area (Å²) >= 11 is 0. The molecule has 4 rings (SSSR count). The van der Waals surface area contributed by atoms with E-state index in [0.29, 0.717) is 34.9 Å². The molecule has 0 atom stereocenters. The van der Waals surface area contributed by atoms with Crippen LogP contribution in [0.3, 0.4) is 0 Å². The molecule has 0 saturated heterocycles. The Bertz CT molecular complexity index is 1000. The lowest BCUT2D eigenvalue weighted by Gasteiger charge is -2.08. The molecule has 0 saturated carbocycles. The average molecular weight is 374 g/mol. The van der Waals surface area contributed by atoms with Gasteiger partial charge in [0, 0.05) is 23.4 Å². The number of carbonyl (C=O) groups excluding carboxylic acids is 2. The molecule has 6 heteroatoms. The van der Waals surface area contributed by atoms with Crippen molar-refractivity contribution in [2.75, 3.05) is 12.1 Å². The SMILES string of the molecule is O=C(NCc1ccccc1)c1ccc(NC(=O)c2ccc3c(c2)OCO3)cc1. The summed E-state index contributed by atoms with van der Waals surface area (Å²) in [6.45, 7) is 0.622. The van der Waals surface area contributed by atoms with Gasteiger partial charge in [0.25, 0.3) is 11.8 Å². The minimum absolute atomic E-state index is 0.161. The van der Waals surface area contributed by atoms with Gasteiger partial charge in [-0.1, -0.05) is 30.3 Å². The number of carbonyl (C=O) groups is 2. The number of hydrogen-bond donors (Lipinski definition) is 2. The third-order valence-corrected chi connectivity index (χ3v) is 4.34. The first-order valence-corrected chi connectivity index (χ1v) is 8.82. The van der Waals surface area contributed by atoms with Gasteiger partial charge in [0.05, 0.1) is 0 Å². The molecule has 2 amide bonds. The fraction of sp³-hybridized carbons (Fsp3) is 0.0909. The molecular weight excluding hydrogens is 356 g/mol. The molecule has 0 spiro atoms. The van der Waals surface area contributed by atoms with Crippen LogP contribution in [0.2, 0.25) is 0 Å². The van der Waals surface area contributed by atoms with Crippen LogP contribution < -0.4 is 20.1 Å². The summed E-state index contributed by atoms with van der Waals surface area (Å²) < 4.78 is 10.5. The van der Waals surface area contributed by atoms with Gasteiger partial charge in [-0.2, -0.15) is 0 Å². The van der Waals surface area contributed by atoms with E-state index in [4.69, 9.17) is 9.47 Å². The molecule has 1 aliphatic rings. The van der Waals surface area contributed by atoms with Crippen LogP contribution in [-0.2, 0) is 6.54 Å². The zero-order chi connectivity index (χ0) is 19.3. The van der Waals surface area contributed by atoms with Gasteiger partial charge in [-0.05, 0) is 48.0 Å². The topological polar surface area (TPSA) is 76.7 Å². The van der Waals surface area contributed by atoms with Crippen LogP contribution in [0, 0.1) is 0 Å². The van der Waals surface area contributed by atoms with Crippen LogP contribution in [-0.4, -0.2) is 18.6 Å². The lowest BCUT2D eigenvalue weighted by molar-refractivity contribution is 0.0950. The number of benzene rings is 3. The van der Waals surface area contributed by atoms with Gasteiger partial charge in [0.1, 0.15) is 0 Å². The van der Waals surface area contributed by atoms with Gasteiger partial charge in [-0.3, -0.25) is 9.59 Å². The number of anilines is 1. The molecule has 0 unspecified atom stereocenters. The predicted molar refractivity (Wildman–Crippen MR) is 105 cm³/mol. The van der Waals surface area contributed by atoms with Crippen molar-refractivity contribution in [3.05, 3.63) is 89.5 Å². The smallest absolute Gasteiger partial charge is 0.255 e. The van der Waals surface area contributed by atoms with Gasteiger partial charge in [0.15, 0.2) is 11.5 Å². The van der Waals surface area contributed by atoms with Crippen LogP contribution in [0.1, 0.15) is 26.3 Å². The number of fused-ring (bicyclic) bond motifs is 1. The highest BCUT2D eigenvalue weighted by Crippen LogP contribution is 2.32. The second kappa shape index (κ2) is 7.84. The Labute approximate surface area is 162 Å². The summed E-state index contributed by atoms with van der Waals surface area (Å²) in [7, 11) is 0. The summed E-state index contributed by atoms with van der Waals surface area (Å²) in [6.07, 6.45) is 0. The summed E-state index contributed by atoms with van der Waals surface area (Å²) in [5, 5.41) is 5.68. The molecule has 3 aromatic rings. The zero-order valence-corrected chi connectivity index (χ0v) is 15.0. The van der Waals surface area contributed by atoms with Crippen molar-refractivity contribution >= 4 is 17.5 Å². The first kappa shape index (κ1) is 17.6. The predicted octanol–water partition coefficient (Wildman–Crippen LogP) is 3.60. The number of nitrogens with one attached hydrogen (secondary N) is 2. The summed E-state index contributed by atoms with van der Waals surface area (Å²) in [5.74, 6) is 0.748. The van der Waals surface area contributed by atoms with Gasteiger partial charge in [-0.15, -0.1) is 0 Å². The van der Waals surface area contributed by atoms with E-state index in [1.807, 2.05) is 30.3 Å². The van der Waals surface area contributed by atoms with Gasteiger partial charge in [-0.25, -0.2) is 0 Å². The van der Waals surface area contributed by atoms with Crippen molar-refractivity contribution in [2.45, 2.75) is 6.54 Å². The third kappa shape index (κ3) is 3.96. The maximum Gasteiger partial charge on any atom is 0.255 e. The zero-order valence-electron chi connectivity index (χ0n) is 15.0. The van der Waals surface area contributed by atoms with Crippen molar-refractivity contribution in [1.29, 1.82) is 0 Å². The molecule has 0 bridgehead atoms. The lowest BCUT2D eigenvalue weighted by atomic mass is 10.1. The van der Waals surface area contributed by atoms with Crippen LogP contribution in [0.25, 0.3) is 0 Å². The van der Waals surface area contributed by atoms with E-state index in [-0.39, 0.29) is 18.6 Å². The maximum absolute atomic E-state index is 12.4.